The van der Waals surface area contributed by atoms with Gasteiger partial charge in [0.25, 0.3) is 0 Å². The molecule has 24 heavy (non-hydrogen) atoms. The van der Waals surface area contributed by atoms with E-state index < -0.39 is 0 Å². The molecule has 2 heterocycles. The standard InChI is InChI=1S/C18H22N2O3S/c1-22-16-7-3-6-15(17(16)23-2)13-8-9-20(12-13)18(21)19-11-14-5-4-10-24-14/h3-7,10,13H,8-9,11-12H2,1-2H3,(H,19,21). The molecule has 0 saturated carbocycles. The Morgan fingerprint density at radius 3 is 2.88 bits per heavy atom. The lowest BCUT2D eigenvalue weighted by atomic mass is 9.97. The summed E-state index contributed by atoms with van der Waals surface area (Å²) in [6.07, 6.45) is 0.927. The molecule has 1 atom stereocenters. The van der Waals surface area contributed by atoms with Gasteiger partial charge in [-0.1, -0.05) is 18.2 Å². The van der Waals surface area contributed by atoms with Crippen molar-refractivity contribution >= 4 is 17.4 Å². The second-order valence-electron chi connectivity index (χ2n) is 5.75. The Bertz CT molecular complexity index is 688. The van der Waals surface area contributed by atoms with Gasteiger partial charge in [0.1, 0.15) is 0 Å². The van der Waals surface area contributed by atoms with Crippen LogP contribution in [0.15, 0.2) is 35.7 Å². The van der Waals surface area contributed by atoms with Crippen molar-refractivity contribution in [1.29, 1.82) is 0 Å². The number of ether oxygens (including phenoxy) is 2. The molecule has 1 unspecified atom stereocenters. The lowest BCUT2D eigenvalue weighted by molar-refractivity contribution is 0.208. The van der Waals surface area contributed by atoms with Crippen LogP contribution in [-0.2, 0) is 6.54 Å². The number of rotatable bonds is 5. The van der Waals surface area contributed by atoms with Gasteiger partial charge in [0.15, 0.2) is 11.5 Å². The number of hydrogen-bond donors (Lipinski definition) is 1. The van der Waals surface area contributed by atoms with Gasteiger partial charge in [0, 0.05) is 29.4 Å². The minimum absolute atomic E-state index is 0.00670. The van der Waals surface area contributed by atoms with E-state index in [1.807, 2.05) is 34.5 Å². The topological polar surface area (TPSA) is 50.8 Å². The van der Waals surface area contributed by atoms with Gasteiger partial charge >= 0.3 is 6.03 Å². The Morgan fingerprint density at radius 2 is 2.17 bits per heavy atom. The third-order valence-electron chi connectivity index (χ3n) is 4.34. The van der Waals surface area contributed by atoms with Crippen molar-refractivity contribution in [3.05, 3.63) is 46.2 Å². The molecule has 1 fully saturated rings. The van der Waals surface area contributed by atoms with E-state index in [0.717, 1.165) is 34.9 Å². The van der Waals surface area contributed by atoms with Gasteiger partial charge in [0.2, 0.25) is 0 Å². The normalized spacial score (nSPS) is 16.9. The third-order valence-corrected chi connectivity index (χ3v) is 5.22. The predicted octanol–water partition coefficient (Wildman–Crippen LogP) is 3.46. The summed E-state index contributed by atoms with van der Waals surface area (Å²) in [5, 5.41) is 5.01. The van der Waals surface area contributed by atoms with Gasteiger partial charge < -0.3 is 19.7 Å². The van der Waals surface area contributed by atoms with Gasteiger partial charge in [-0.15, -0.1) is 11.3 Å². The maximum atomic E-state index is 12.4. The SMILES string of the molecule is COc1cccc(C2CCN(C(=O)NCc3cccs3)C2)c1OC. The van der Waals surface area contributed by atoms with Gasteiger partial charge in [-0.2, -0.15) is 0 Å². The molecule has 1 aliphatic heterocycles. The number of para-hydroxylation sites is 1. The van der Waals surface area contributed by atoms with E-state index in [1.54, 1.807) is 25.6 Å². The van der Waals surface area contributed by atoms with Crippen molar-refractivity contribution in [1.82, 2.24) is 10.2 Å². The Kier molecular flexibility index (Phi) is 5.25. The number of nitrogens with one attached hydrogen (secondary N) is 1. The average molecular weight is 346 g/mol. The molecule has 5 nitrogen and oxygen atoms in total. The van der Waals surface area contributed by atoms with Crippen molar-refractivity contribution in [2.24, 2.45) is 0 Å². The lowest BCUT2D eigenvalue weighted by Gasteiger charge is -2.19. The van der Waals surface area contributed by atoms with E-state index in [0.29, 0.717) is 13.1 Å². The van der Waals surface area contributed by atoms with Crippen LogP contribution in [0.25, 0.3) is 0 Å². The minimum Gasteiger partial charge on any atom is -0.493 e. The number of likely N-dealkylation sites (tertiary alicyclic amines) is 1. The molecule has 1 aromatic heterocycles. The second-order valence-corrected chi connectivity index (χ2v) is 6.78. The largest absolute Gasteiger partial charge is 0.493 e. The second kappa shape index (κ2) is 7.57. The summed E-state index contributed by atoms with van der Waals surface area (Å²) in [5.74, 6) is 1.77. The molecule has 2 aromatic rings. The average Bonchev–Trinajstić information content (AvgIpc) is 3.30. The van der Waals surface area contributed by atoms with E-state index in [1.165, 1.54) is 0 Å². The number of carbonyl (C=O) groups excluding carboxylic acids is 1. The number of amides is 2. The number of nitrogens with zero attached hydrogens (tertiary/aromatic N) is 1. The Balaban J connectivity index is 1.64. The molecule has 3 rings (SSSR count). The van der Waals surface area contributed by atoms with E-state index >= 15 is 0 Å². The molecule has 1 aliphatic rings. The van der Waals surface area contributed by atoms with Crippen LogP contribution in [0.4, 0.5) is 4.79 Å². The molecule has 1 aromatic carbocycles. The number of thiophene rings is 1. The molecule has 2 amide bonds. The fourth-order valence-corrected chi connectivity index (χ4v) is 3.76. The third kappa shape index (κ3) is 3.48. The zero-order valence-corrected chi connectivity index (χ0v) is 14.8. The number of carbonyl (C=O) groups is 1. The van der Waals surface area contributed by atoms with Crippen LogP contribution < -0.4 is 14.8 Å². The van der Waals surface area contributed by atoms with Gasteiger partial charge in [-0.25, -0.2) is 4.79 Å². The first kappa shape index (κ1) is 16.6. The van der Waals surface area contributed by atoms with Crippen molar-refractivity contribution in [3.8, 4) is 11.5 Å². The Morgan fingerprint density at radius 1 is 1.29 bits per heavy atom. The van der Waals surface area contributed by atoms with Crippen molar-refractivity contribution in [2.75, 3.05) is 27.3 Å². The minimum atomic E-state index is -0.00670. The molecule has 0 radical (unpaired) electrons. The summed E-state index contributed by atoms with van der Waals surface area (Å²) in [6.45, 7) is 2.03. The summed E-state index contributed by atoms with van der Waals surface area (Å²) in [5.41, 5.74) is 1.10. The summed E-state index contributed by atoms with van der Waals surface area (Å²) < 4.78 is 10.9. The monoisotopic (exact) mass is 346 g/mol. The molecule has 0 bridgehead atoms. The van der Waals surface area contributed by atoms with Crippen LogP contribution in [0.1, 0.15) is 22.8 Å². The highest BCUT2D eigenvalue weighted by Gasteiger charge is 2.29. The van der Waals surface area contributed by atoms with Crippen LogP contribution in [0, 0.1) is 0 Å². The summed E-state index contributed by atoms with van der Waals surface area (Å²) in [4.78, 5) is 15.4. The number of methoxy groups -OCH3 is 2. The van der Waals surface area contributed by atoms with Gasteiger partial charge in [0.05, 0.1) is 20.8 Å². The predicted molar refractivity (Wildman–Crippen MR) is 95.0 cm³/mol. The molecule has 6 heteroatoms. The number of hydrogen-bond acceptors (Lipinski definition) is 4. The van der Waals surface area contributed by atoms with Crippen LogP contribution >= 0.6 is 11.3 Å². The maximum Gasteiger partial charge on any atom is 0.317 e. The highest BCUT2D eigenvalue weighted by atomic mass is 32.1. The highest BCUT2D eigenvalue weighted by Crippen LogP contribution is 2.39. The first-order chi connectivity index (χ1) is 11.7. The van der Waals surface area contributed by atoms with Crippen LogP contribution in [0.2, 0.25) is 0 Å². The van der Waals surface area contributed by atoms with E-state index in [2.05, 4.69) is 11.4 Å². The Hall–Kier alpha value is -2.21. The molecule has 128 valence electrons. The molecular formula is C18H22N2O3S. The fraction of sp³-hybridized carbons (Fsp3) is 0.389. The summed E-state index contributed by atoms with van der Waals surface area (Å²) in [6, 6.07) is 9.93. The van der Waals surface area contributed by atoms with E-state index in [-0.39, 0.29) is 11.9 Å². The fourth-order valence-electron chi connectivity index (χ4n) is 3.12. The summed E-state index contributed by atoms with van der Waals surface area (Å²) >= 11 is 1.65. The number of urea groups is 1. The van der Waals surface area contributed by atoms with Gasteiger partial charge in [-0.3, -0.25) is 0 Å². The zero-order chi connectivity index (χ0) is 16.9. The molecule has 1 saturated heterocycles. The van der Waals surface area contributed by atoms with Crippen LogP contribution in [-0.4, -0.2) is 38.2 Å². The van der Waals surface area contributed by atoms with Crippen molar-refractivity contribution < 1.29 is 14.3 Å². The van der Waals surface area contributed by atoms with Gasteiger partial charge in [-0.05, 0) is 23.9 Å². The smallest absolute Gasteiger partial charge is 0.317 e. The highest BCUT2D eigenvalue weighted by molar-refractivity contribution is 7.09. The van der Waals surface area contributed by atoms with Crippen molar-refractivity contribution in [2.45, 2.75) is 18.9 Å². The van der Waals surface area contributed by atoms with Crippen molar-refractivity contribution in [3.63, 3.8) is 0 Å². The lowest BCUT2D eigenvalue weighted by Crippen LogP contribution is -2.37. The first-order valence-corrected chi connectivity index (χ1v) is 8.87. The Labute approximate surface area is 146 Å². The van der Waals surface area contributed by atoms with E-state index in [9.17, 15) is 4.79 Å². The zero-order valence-electron chi connectivity index (χ0n) is 14.0. The maximum absolute atomic E-state index is 12.4. The summed E-state index contributed by atoms with van der Waals surface area (Å²) in [7, 11) is 3.29. The quantitative estimate of drug-likeness (QED) is 0.902. The molecular weight excluding hydrogens is 324 g/mol. The molecule has 1 N–H and O–H groups in total. The van der Waals surface area contributed by atoms with E-state index in [4.69, 9.17) is 9.47 Å². The first-order valence-electron chi connectivity index (χ1n) is 7.99. The number of benzene rings is 1. The molecule has 0 spiro atoms. The molecule has 0 aliphatic carbocycles. The van der Waals surface area contributed by atoms with Crippen LogP contribution in [0.3, 0.4) is 0 Å². The van der Waals surface area contributed by atoms with Crippen LogP contribution in [0.5, 0.6) is 11.5 Å².